The molecule has 0 bridgehead atoms. The molecule has 0 atom stereocenters. The maximum Gasteiger partial charge on any atom is 0.214 e. The first-order valence-electron chi connectivity index (χ1n) is 10.6. The highest BCUT2D eigenvalue weighted by Gasteiger charge is 2.27. The average Bonchev–Trinajstić information content (AvgIpc) is 2.67. The number of hydrogen-bond acceptors (Lipinski definition) is 4. The lowest BCUT2D eigenvalue weighted by Crippen LogP contribution is -2.50. The third-order valence-corrected chi connectivity index (χ3v) is 7.32. The minimum absolute atomic E-state index is 0.234. The molecule has 0 spiro atoms. The Bertz CT molecular complexity index is 784. The summed E-state index contributed by atoms with van der Waals surface area (Å²) in [6, 6.07) is 6.66. The van der Waals surface area contributed by atoms with Gasteiger partial charge in [0.1, 0.15) is 0 Å². The summed E-state index contributed by atoms with van der Waals surface area (Å²) in [5, 5.41) is 6.80. The minimum Gasteiger partial charge on any atom is -0.378 e. The van der Waals surface area contributed by atoms with Crippen molar-refractivity contribution in [3.63, 3.8) is 0 Å². The second-order valence-electron chi connectivity index (χ2n) is 7.83. The topological polar surface area (TPSA) is 77.0 Å². The predicted molar refractivity (Wildman–Crippen MR) is 122 cm³/mol. The number of benzene rings is 1. The van der Waals surface area contributed by atoms with Gasteiger partial charge in [-0.15, -0.1) is 0 Å². The third-order valence-electron chi connectivity index (χ3n) is 5.24. The monoisotopic (exact) mass is 423 g/mol. The number of piperidine rings is 1. The highest BCUT2D eigenvalue weighted by Crippen LogP contribution is 2.18. The molecule has 1 aliphatic rings. The van der Waals surface area contributed by atoms with Gasteiger partial charge in [0, 0.05) is 45.5 Å². The number of anilines is 1. The van der Waals surface area contributed by atoms with E-state index in [1.807, 2.05) is 27.9 Å². The van der Waals surface area contributed by atoms with Gasteiger partial charge in [-0.05, 0) is 56.4 Å². The molecular weight excluding hydrogens is 386 g/mol. The summed E-state index contributed by atoms with van der Waals surface area (Å²) in [6.07, 6.45) is 2.25. The number of nitrogens with one attached hydrogen (secondary N) is 2. The number of aryl methyl sites for hydroxylation is 1. The van der Waals surface area contributed by atoms with Crippen molar-refractivity contribution in [2.24, 2.45) is 4.99 Å². The molecule has 7 nitrogen and oxygen atoms in total. The number of aliphatic imine (C=N–C) groups is 1. The fourth-order valence-corrected chi connectivity index (χ4v) is 5.02. The summed E-state index contributed by atoms with van der Waals surface area (Å²) >= 11 is 0. The Morgan fingerprint density at radius 2 is 1.93 bits per heavy atom. The molecule has 0 unspecified atom stereocenters. The fraction of sp³-hybridized carbons (Fsp3) is 0.667. The van der Waals surface area contributed by atoms with Crippen molar-refractivity contribution < 1.29 is 8.42 Å². The van der Waals surface area contributed by atoms with Crippen LogP contribution < -0.4 is 15.5 Å². The Balaban J connectivity index is 1.97. The molecule has 1 heterocycles. The van der Waals surface area contributed by atoms with Crippen LogP contribution in [-0.2, 0) is 16.6 Å². The van der Waals surface area contributed by atoms with E-state index in [1.54, 1.807) is 4.31 Å². The lowest BCUT2D eigenvalue weighted by molar-refractivity contribution is 0.306. The SMILES string of the molecule is CCCS(=O)(=O)N1CCC(NC(=NCc2ccc(N(C)C)cc2C)NCC)CC1. The van der Waals surface area contributed by atoms with Crippen LogP contribution in [0, 0.1) is 6.92 Å². The summed E-state index contributed by atoms with van der Waals surface area (Å²) in [4.78, 5) is 6.86. The van der Waals surface area contributed by atoms with Crippen LogP contribution in [-0.4, -0.2) is 64.2 Å². The van der Waals surface area contributed by atoms with Gasteiger partial charge < -0.3 is 15.5 Å². The molecule has 0 radical (unpaired) electrons. The highest BCUT2D eigenvalue weighted by atomic mass is 32.2. The Morgan fingerprint density at radius 3 is 2.48 bits per heavy atom. The van der Waals surface area contributed by atoms with Crippen LogP contribution in [0.2, 0.25) is 0 Å². The quantitative estimate of drug-likeness (QED) is 0.496. The molecule has 0 aliphatic carbocycles. The maximum absolute atomic E-state index is 12.2. The Morgan fingerprint density at radius 1 is 1.24 bits per heavy atom. The van der Waals surface area contributed by atoms with Gasteiger partial charge in [0.25, 0.3) is 0 Å². The van der Waals surface area contributed by atoms with Crippen molar-refractivity contribution in [1.82, 2.24) is 14.9 Å². The van der Waals surface area contributed by atoms with Gasteiger partial charge >= 0.3 is 0 Å². The molecule has 1 fully saturated rings. The number of guanidine groups is 1. The van der Waals surface area contributed by atoms with Crippen LogP contribution in [0.3, 0.4) is 0 Å². The molecule has 29 heavy (non-hydrogen) atoms. The normalized spacial score (nSPS) is 16.7. The van der Waals surface area contributed by atoms with E-state index in [2.05, 4.69) is 40.7 Å². The maximum atomic E-state index is 12.2. The van der Waals surface area contributed by atoms with Crippen LogP contribution in [0.4, 0.5) is 5.69 Å². The number of nitrogens with zero attached hydrogens (tertiary/aromatic N) is 3. The smallest absolute Gasteiger partial charge is 0.214 e. The van der Waals surface area contributed by atoms with Gasteiger partial charge in [-0.25, -0.2) is 17.7 Å². The second kappa shape index (κ2) is 10.8. The molecule has 1 aliphatic heterocycles. The zero-order valence-electron chi connectivity index (χ0n) is 18.5. The molecule has 0 saturated carbocycles. The molecule has 0 amide bonds. The van der Waals surface area contributed by atoms with E-state index in [9.17, 15) is 8.42 Å². The van der Waals surface area contributed by atoms with Crippen molar-refractivity contribution in [1.29, 1.82) is 0 Å². The van der Waals surface area contributed by atoms with Crippen LogP contribution in [0.5, 0.6) is 0 Å². The molecule has 164 valence electrons. The van der Waals surface area contributed by atoms with Gasteiger partial charge in [0.2, 0.25) is 10.0 Å². The van der Waals surface area contributed by atoms with Crippen molar-refractivity contribution >= 4 is 21.7 Å². The first-order chi connectivity index (χ1) is 13.8. The van der Waals surface area contributed by atoms with Crippen molar-refractivity contribution in [2.75, 3.05) is 44.4 Å². The van der Waals surface area contributed by atoms with Gasteiger partial charge in [-0.2, -0.15) is 0 Å². The van der Waals surface area contributed by atoms with Crippen LogP contribution >= 0.6 is 0 Å². The molecular formula is C21H37N5O2S. The van der Waals surface area contributed by atoms with Gasteiger partial charge in [-0.1, -0.05) is 13.0 Å². The largest absolute Gasteiger partial charge is 0.378 e. The number of sulfonamides is 1. The zero-order valence-corrected chi connectivity index (χ0v) is 19.3. The Labute approximate surface area is 176 Å². The standard InChI is InChI=1S/C21H37N5O2S/c1-6-14-29(27,28)26-12-10-19(11-13-26)24-21(22-7-2)23-16-18-8-9-20(25(4)5)15-17(18)3/h8-9,15,19H,6-7,10-14,16H2,1-5H3,(H2,22,23,24). The van der Waals surface area contributed by atoms with E-state index in [4.69, 9.17) is 4.99 Å². The highest BCUT2D eigenvalue weighted by molar-refractivity contribution is 7.89. The molecule has 1 aromatic carbocycles. The average molecular weight is 424 g/mol. The Kier molecular flexibility index (Phi) is 8.77. The van der Waals surface area contributed by atoms with Gasteiger partial charge in [-0.3, -0.25) is 0 Å². The van der Waals surface area contributed by atoms with Gasteiger partial charge in [0.15, 0.2) is 5.96 Å². The zero-order chi connectivity index (χ0) is 21.4. The lowest BCUT2D eigenvalue weighted by atomic mass is 10.1. The summed E-state index contributed by atoms with van der Waals surface area (Å²) in [5.41, 5.74) is 3.61. The van der Waals surface area contributed by atoms with E-state index in [0.29, 0.717) is 26.1 Å². The first kappa shape index (κ1) is 23.5. The first-order valence-corrected chi connectivity index (χ1v) is 12.2. The van der Waals surface area contributed by atoms with Crippen LogP contribution in [0.1, 0.15) is 44.2 Å². The van der Waals surface area contributed by atoms with Crippen molar-refractivity contribution in [3.8, 4) is 0 Å². The summed E-state index contributed by atoms with van der Waals surface area (Å²) in [7, 11) is 0.980. The molecule has 1 aromatic rings. The summed E-state index contributed by atoms with van der Waals surface area (Å²) in [6.45, 7) is 8.61. The predicted octanol–water partition coefficient (Wildman–Crippen LogP) is 2.32. The molecule has 2 rings (SSSR count). The molecule has 2 N–H and O–H groups in total. The van der Waals surface area contributed by atoms with E-state index in [-0.39, 0.29) is 11.8 Å². The van der Waals surface area contributed by atoms with E-state index in [0.717, 1.165) is 25.3 Å². The second-order valence-corrected chi connectivity index (χ2v) is 9.92. The van der Waals surface area contributed by atoms with E-state index in [1.165, 1.54) is 16.8 Å². The molecule has 1 saturated heterocycles. The van der Waals surface area contributed by atoms with Crippen LogP contribution in [0.25, 0.3) is 0 Å². The summed E-state index contributed by atoms with van der Waals surface area (Å²) < 4.78 is 26.1. The lowest BCUT2D eigenvalue weighted by Gasteiger charge is -2.32. The van der Waals surface area contributed by atoms with E-state index < -0.39 is 10.0 Å². The minimum atomic E-state index is -3.10. The number of rotatable bonds is 8. The number of hydrogen-bond donors (Lipinski definition) is 2. The molecule has 0 aromatic heterocycles. The van der Waals surface area contributed by atoms with Gasteiger partial charge in [0.05, 0.1) is 12.3 Å². The fourth-order valence-electron chi connectivity index (χ4n) is 3.48. The summed E-state index contributed by atoms with van der Waals surface area (Å²) in [5.74, 6) is 1.03. The van der Waals surface area contributed by atoms with E-state index >= 15 is 0 Å². The van der Waals surface area contributed by atoms with Crippen LogP contribution in [0.15, 0.2) is 23.2 Å². The van der Waals surface area contributed by atoms with Crippen molar-refractivity contribution in [3.05, 3.63) is 29.3 Å². The van der Waals surface area contributed by atoms with Crippen molar-refractivity contribution in [2.45, 2.75) is 52.6 Å². The third kappa shape index (κ3) is 6.89. The molecule has 8 heteroatoms. The Hall–Kier alpha value is -1.80.